The molecular formula is C26H30N2O3S2. The van der Waals surface area contributed by atoms with E-state index in [0.717, 1.165) is 27.1 Å². The maximum absolute atomic E-state index is 13.2. The van der Waals surface area contributed by atoms with Crippen molar-refractivity contribution < 1.29 is 14.6 Å². The molecule has 7 heteroatoms. The number of nitrogen functional groups attached to an aromatic ring is 1. The number of aryl methyl sites for hydroxylation is 1. The van der Waals surface area contributed by atoms with Gasteiger partial charge >= 0.3 is 5.97 Å². The van der Waals surface area contributed by atoms with Gasteiger partial charge in [-0.2, -0.15) is 0 Å². The van der Waals surface area contributed by atoms with Gasteiger partial charge in [0.15, 0.2) is 5.13 Å². The number of nitrogens with two attached hydrogens (primary N) is 1. The number of nitrogens with zero attached hydrogens (tertiary/aromatic N) is 1. The first-order valence-electron chi connectivity index (χ1n) is 11.3. The molecule has 1 aliphatic heterocycles. The Morgan fingerprint density at radius 1 is 1.21 bits per heavy atom. The average molecular weight is 483 g/mol. The van der Waals surface area contributed by atoms with Crippen LogP contribution in [-0.4, -0.2) is 21.7 Å². The zero-order valence-corrected chi connectivity index (χ0v) is 21.1. The van der Waals surface area contributed by atoms with Gasteiger partial charge in [0.1, 0.15) is 16.3 Å². The Labute approximate surface area is 203 Å². The quantitative estimate of drug-likeness (QED) is 0.359. The number of rotatable bonds is 7. The fraction of sp³-hybridized carbons (Fsp3) is 0.385. The lowest BCUT2D eigenvalue weighted by atomic mass is 9.80. The molecule has 33 heavy (non-hydrogen) atoms. The third kappa shape index (κ3) is 4.89. The van der Waals surface area contributed by atoms with E-state index in [4.69, 9.17) is 10.5 Å². The van der Waals surface area contributed by atoms with E-state index in [2.05, 4.69) is 31.0 Å². The number of carbonyl (C=O) groups excluding carboxylic acids is 1. The summed E-state index contributed by atoms with van der Waals surface area (Å²) >= 11 is 2.70. The molecule has 3 N–H and O–H groups in total. The molecule has 0 spiro atoms. The second-order valence-corrected chi connectivity index (χ2v) is 11.3. The number of thioether (sulfide) groups is 1. The standard InChI is InChI=1S/C26H30N2O3S2/c1-15(2)18-12-19-22(33-25(27)28-19)13-21(18)32-23-20(29)14-26(16(3)4,31-24(23)30)11-10-17-8-6-5-7-9-17/h5-9,12-13,15-16,29H,10-11,14H2,1-4H3,(H2,27,28). The highest BCUT2D eigenvalue weighted by atomic mass is 32.2. The highest BCUT2D eigenvalue weighted by Crippen LogP contribution is 2.45. The van der Waals surface area contributed by atoms with E-state index >= 15 is 0 Å². The van der Waals surface area contributed by atoms with Crippen molar-refractivity contribution in [1.29, 1.82) is 0 Å². The largest absolute Gasteiger partial charge is 0.511 e. The first-order valence-corrected chi connectivity index (χ1v) is 12.9. The van der Waals surface area contributed by atoms with Gasteiger partial charge in [0.25, 0.3) is 0 Å². The summed E-state index contributed by atoms with van der Waals surface area (Å²) in [5, 5.41) is 11.6. The van der Waals surface area contributed by atoms with Crippen molar-refractivity contribution in [3.63, 3.8) is 0 Å². The van der Waals surface area contributed by atoms with Crippen molar-refractivity contribution in [3.05, 3.63) is 64.3 Å². The molecule has 0 amide bonds. The van der Waals surface area contributed by atoms with Crippen molar-refractivity contribution in [1.82, 2.24) is 4.98 Å². The molecule has 2 aromatic carbocycles. The zero-order valence-electron chi connectivity index (χ0n) is 19.4. The molecule has 0 bridgehead atoms. The Kier molecular flexibility index (Phi) is 6.73. The fourth-order valence-electron chi connectivity index (χ4n) is 4.24. The minimum absolute atomic E-state index is 0.0709. The molecular weight excluding hydrogens is 452 g/mol. The summed E-state index contributed by atoms with van der Waals surface area (Å²) in [5.74, 6) is -0.0508. The van der Waals surface area contributed by atoms with Crippen molar-refractivity contribution >= 4 is 44.4 Å². The van der Waals surface area contributed by atoms with Gasteiger partial charge < -0.3 is 15.6 Å². The molecule has 2 heterocycles. The van der Waals surface area contributed by atoms with Crippen LogP contribution in [0.25, 0.3) is 10.2 Å². The highest BCUT2D eigenvalue weighted by molar-refractivity contribution is 8.04. The predicted molar refractivity (Wildman–Crippen MR) is 137 cm³/mol. The van der Waals surface area contributed by atoms with Crippen molar-refractivity contribution in [2.45, 2.75) is 63.4 Å². The number of aliphatic hydroxyl groups excluding tert-OH is 1. The Hall–Kier alpha value is -2.51. The van der Waals surface area contributed by atoms with E-state index in [-0.39, 0.29) is 22.5 Å². The van der Waals surface area contributed by atoms with E-state index in [1.165, 1.54) is 28.7 Å². The Morgan fingerprint density at radius 3 is 2.58 bits per heavy atom. The van der Waals surface area contributed by atoms with E-state index in [1.807, 2.05) is 44.2 Å². The third-order valence-electron chi connectivity index (χ3n) is 6.31. The molecule has 0 saturated heterocycles. The Balaban J connectivity index is 1.63. The number of hydrogen-bond acceptors (Lipinski definition) is 7. The lowest BCUT2D eigenvalue weighted by molar-refractivity contribution is -0.164. The number of aromatic nitrogens is 1. The lowest BCUT2D eigenvalue weighted by Crippen LogP contribution is -2.44. The number of fused-ring (bicyclic) bond motifs is 1. The minimum Gasteiger partial charge on any atom is -0.511 e. The van der Waals surface area contributed by atoms with Crippen LogP contribution in [0.2, 0.25) is 0 Å². The van der Waals surface area contributed by atoms with E-state index < -0.39 is 11.6 Å². The Bertz CT molecular complexity index is 1200. The van der Waals surface area contributed by atoms with Gasteiger partial charge in [-0.3, -0.25) is 0 Å². The molecule has 0 aliphatic carbocycles. The summed E-state index contributed by atoms with van der Waals surface area (Å²) in [5.41, 5.74) is 8.29. The molecule has 1 atom stereocenters. The summed E-state index contributed by atoms with van der Waals surface area (Å²) < 4.78 is 7.06. The van der Waals surface area contributed by atoms with Crippen LogP contribution in [0, 0.1) is 5.92 Å². The van der Waals surface area contributed by atoms with Crippen LogP contribution < -0.4 is 5.73 Å². The predicted octanol–water partition coefficient (Wildman–Crippen LogP) is 6.84. The lowest BCUT2D eigenvalue weighted by Gasteiger charge is -2.40. The molecule has 0 radical (unpaired) electrons. The third-order valence-corrected chi connectivity index (χ3v) is 8.34. The number of cyclic esters (lactones) is 1. The van der Waals surface area contributed by atoms with Crippen molar-refractivity contribution in [2.24, 2.45) is 5.92 Å². The van der Waals surface area contributed by atoms with Crippen LogP contribution in [0.4, 0.5) is 5.13 Å². The van der Waals surface area contributed by atoms with Gasteiger partial charge in [-0.15, -0.1) is 0 Å². The van der Waals surface area contributed by atoms with Gasteiger partial charge in [0, 0.05) is 11.3 Å². The molecule has 3 aromatic rings. The second-order valence-electron chi connectivity index (χ2n) is 9.21. The van der Waals surface area contributed by atoms with Crippen molar-refractivity contribution in [3.8, 4) is 0 Å². The number of anilines is 1. The number of benzene rings is 2. The molecule has 1 unspecified atom stereocenters. The number of ether oxygens (including phenoxy) is 1. The summed E-state index contributed by atoms with van der Waals surface area (Å²) in [6.07, 6.45) is 1.76. The monoisotopic (exact) mass is 482 g/mol. The van der Waals surface area contributed by atoms with Crippen LogP contribution in [0.3, 0.4) is 0 Å². The highest BCUT2D eigenvalue weighted by Gasteiger charge is 2.44. The maximum atomic E-state index is 13.2. The minimum atomic E-state index is -0.724. The SMILES string of the molecule is CC(C)c1cc2nc(N)sc2cc1SC1=C(O)CC(CCc2ccccc2)(C(C)C)OC1=O. The Morgan fingerprint density at radius 2 is 1.94 bits per heavy atom. The molecule has 174 valence electrons. The summed E-state index contributed by atoms with van der Waals surface area (Å²) in [7, 11) is 0. The van der Waals surface area contributed by atoms with Crippen LogP contribution in [0.1, 0.15) is 57.6 Å². The number of carbonyl (C=O) groups is 1. The zero-order chi connectivity index (χ0) is 23.8. The second kappa shape index (κ2) is 9.39. The van der Waals surface area contributed by atoms with E-state index in [0.29, 0.717) is 18.0 Å². The van der Waals surface area contributed by atoms with E-state index in [9.17, 15) is 9.90 Å². The van der Waals surface area contributed by atoms with Crippen LogP contribution >= 0.6 is 23.1 Å². The first-order chi connectivity index (χ1) is 15.7. The van der Waals surface area contributed by atoms with Crippen LogP contribution in [0.5, 0.6) is 0 Å². The molecule has 5 nitrogen and oxygen atoms in total. The molecule has 1 aromatic heterocycles. The molecule has 0 saturated carbocycles. The van der Waals surface area contributed by atoms with Gasteiger partial charge in [0.2, 0.25) is 0 Å². The van der Waals surface area contributed by atoms with Gasteiger partial charge in [-0.1, -0.05) is 81.1 Å². The average Bonchev–Trinajstić information content (AvgIpc) is 3.13. The topological polar surface area (TPSA) is 85.4 Å². The summed E-state index contributed by atoms with van der Waals surface area (Å²) in [6, 6.07) is 14.2. The molecule has 0 fully saturated rings. The molecule has 1 aliphatic rings. The normalized spacial score (nSPS) is 19.0. The van der Waals surface area contributed by atoms with Crippen LogP contribution in [-0.2, 0) is 16.0 Å². The van der Waals surface area contributed by atoms with Gasteiger partial charge in [0.05, 0.1) is 10.2 Å². The number of aliphatic hydroxyl groups is 1. The first kappa shape index (κ1) is 23.6. The van der Waals surface area contributed by atoms with E-state index in [1.54, 1.807) is 0 Å². The summed E-state index contributed by atoms with van der Waals surface area (Å²) in [6.45, 7) is 8.29. The van der Waals surface area contributed by atoms with Gasteiger partial charge in [-0.25, -0.2) is 9.78 Å². The maximum Gasteiger partial charge on any atom is 0.349 e. The number of thiazole rings is 1. The van der Waals surface area contributed by atoms with Gasteiger partial charge in [-0.05, 0) is 47.9 Å². The van der Waals surface area contributed by atoms with Crippen molar-refractivity contribution in [2.75, 3.05) is 5.73 Å². The van der Waals surface area contributed by atoms with Crippen LogP contribution in [0.15, 0.2) is 58.0 Å². The summed E-state index contributed by atoms with van der Waals surface area (Å²) in [4.78, 5) is 18.8. The smallest absolute Gasteiger partial charge is 0.349 e. The fourth-order valence-corrected chi connectivity index (χ4v) is 6.19. The number of hydrogen-bond donors (Lipinski definition) is 2. The molecule has 4 rings (SSSR count). The number of esters is 1.